The van der Waals surface area contributed by atoms with Gasteiger partial charge in [0.15, 0.2) is 0 Å². The highest BCUT2D eigenvalue weighted by molar-refractivity contribution is 7.92. The van der Waals surface area contributed by atoms with E-state index in [-0.39, 0.29) is 14.9 Å². The third-order valence-electron chi connectivity index (χ3n) is 2.58. The second-order valence-corrected chi connectivity index (χ2v) is 6.48. The molecule has 0 fully saturated rings. The first-order chi connectivity index (χ1) is 9.31. The van der Waals surface area contributed by atoms with Gasteiger partial charge in [-0.05, 0) is 18.2 Å². The topological polar surface area (TPSA) is 90.0 Å². The third-order valence-corrected chi connectivity index (χ3v) is 4.46. The number of aryl methyl sites for hydroxylation is 1. The average Bonchev–Trinajstić information content (AvgIpc) is 2.73. The summed E-state index contributed by atoms with van der Waals surface area (Å²) in [7, 11) is -2.12. The lowest BCUT2D eigenvalue weighted by Gasteiger charge is -2.09. The van der Waals surface area contributed by atoms with Crippen molar-refractivity contribution in [3.8, 4) is 0 Å². The number of nitrogens with two attached hydrogens (primary N) is 1. The first-order valence-corrected chi connectivity index (χ1v) is 7.68. The molecule has 0 saturated heterocycles. The van der Waals surface area contributed by atoms with E-state index in [4.69, 9.17) is 29.6 Å². The standard InChI is InChI=1S/C11H11ClN4O2S2/c1-16-10(4-5-14-16)15-20(17,18)7-2-3-8(11(13)19)9(12)6-7/h2-6,15H,1H3,(H2,13,19). The molecule has 0 radical (unpaired) electrons. The largest absolute Gasteiger partial charge is 0.389 e. The summed E-state index contributed by atoms with van der Waals surface area (Å²) in [6.45, 7) is 0. The molecule has 0 aliphatic rings. The monoisotopic (exact) mass is 330 g/mol. The lowest BCUT2D eigenvalue weighted by atomic mass is 10.2. The molecule has 0 aliphatic heterocycles. The molecular weight excluding hydrogens is 320 g/mol. The second kappa shape index (κ2) is 5.39. The maximum absolute atomic E-state index is 12.2. The molecule has 0 bridgehead atoms. The summed E-state index contributed by atoms with van der Waals surface area (Å²) < 4.78 is 28.2. The Morgan fingerprint density at radius 3 is 2.65 bits per heavy atom. The molecule has 20 heavy (non-hydrogen) atoms. The van der Waals surface area contributed by atoms with Crippen LogP contribution >= 0.6 is 23.8 Å². The Balaban J connectivity index is 2.38. The first-order valence-electron chi connectivity index (χ1n) is 5.41. The van der Waals surface area contributed by atoms with Gasteiger partial charge in [-0.3, -0.25) is 9.40 Å². The molecule has 0 saturated carbocycles. The normalized spacial score (nSPS) is 11.3. The van der Waals surface area contributed by atoms with E-state index >= 15 is 0 Å². The van der Waals surface area contributed by atoms with Gasteiger partial charge in [-0.15, -0.1) is 0 Å². The van der Waals surface area contributed by atoms with Crippen LogP contribution in [0, 0.1) is 0 Å². The number of nitrogens with one attached hydrogen (secondary N) is 1. The lowest BCUT2D eigenvalue weighted by Crippen LogP contribution is -2.16. The zero-order valence-electron chi connectivity index (χ0n) is 10.4. The maximum atomic E-state index is 12.2. The van der Waals surface area contributed by atoms with Crippen LogP contribution in [0.4, 0.5) is 5.82 Å². The van der Waals surface area contributed by atoms with E-state index in [0.717, 1.165) is 0 Å². The number of rotatable bonds is 4. The molecule has 2 aromatic rings. The van der Waals surface area contributed by atoms with E-state index in [1.54, 1.807) is 13.1 Å². The Morgan fingerprint density at radius 2 is 2.15 bits per heavy atom. The zero-order chi connectivity index (χ0) is 14.9. The van der Waals surface area contributed by atoms with Gasteiger partial charge >= 0.3 is 0 Å². The number of thiocarbonyl (C=S) groups is 1. The minimum absolute atomic E-state index is 0.0173. The van der Waals surface area contributed by atoms with Crippen molar-refractivity contribution in [2.45, 2.75) is 4.90 Å². The molecule has 3 N–H and O–H groups in total. The van der Waals surface area contributed by atoms with Crippen molar-refractivity contribution >= 4 is 44.6 Å². The molecule has 106 valence electrons. The Hall–Kier alpha value is -1.64. The fraction of sp³-hybridized carbons (Fsp3) is 0.0909. The van der Waals surface area contributed by atoms with Gasteiger partial charge in [0.05, 0.1) is 16.1 Å². The summed E-state index contributed by atoms with van der Waals surface area (Å²) >= 11 is 10.8. The fourth-order valence-corrected chi connectivity index (χ4v) is 3.23. The van der Waals surface area contributed by atoms with Crippen LogP contribution < -0.4 is 10.5 Å². The van der Waals surface area contributed by atoms with Crippen molar-refractivity contribution in [1.29, 1.82) is 0 Å². The van der Waals surface area contributed by atoms with E-state index in [1.807, 2.05) is 0 Å². The van der Waals surface area contributed by atoms with Crippen molar-refractivity contribution in [1.82, 2.24) is 9.78 Å². The number of aromatic nitrogens is 2. The summed E-state index contributed by atoms with van der Waals surface area (Å²) in [5.41, 5.74) is 5.91. The van der Waals surface area contributed by atoms with Gasteiger partial charge in [0.25, 0.3) is 10.0 Å². The van der Waals surface area contributed by atoms with Crippen molar-refractivity contribution in [3.63, 3.8) is 0 Å². The van der Waals surface area contributed by atoms with Crippen LogP contribution in [0.5, 0.6) is 0 Å². The second-order valence-electron chi connectivity index (χ2n) is 3.95. The molecule has 0 spiro atoms. The summed E-state index contributed by atoms with van der Waals surface area (Å²) in [6.07, 6.45) is 1.49. The highest BCUT2D eigenvalue weighted by Gasteiger charge is 2.17. The SMILES string of the molecule is Cn1nccc1NS(=O)(=O)c1ccc(C(N)=S)c(Cl)c1. The van der Waals surface area contributed by atoms with Crippen LogP contribution in [0.1, 0.15) is 5.56 Å². The van der Waals surface area contributed by atoms with E-state index < -0.39 is 10.0 Å². The Bertz CT molecular complexity index is 770. The number of hydrogen-bond acceptors (Lipinski definition) is 4. The van der Waals surface area contributed by atoms with Gasteiger partial charge in [0.2, 0.25) is 0 Å². The quantitative estimate of drug-likeness (QED) is 0.829. The van der Waals surface area contributed by atoms with Gasteiger partial charge < -0.3 is 5.73 Å². The Labute approximate surface area is 126 Å². The summed E-state index contributed by atoms with van der Waals surface area (Å²) in [6, 6.07) is 5.71. The smallest absolute Gasteiger partial charge is 0.263 e. The molecule has 6 nitrogen and oxygen atoms in total. The van der Waals surface area contributed by atoms with Crippen molar-refractivity contribution in [2.75, 3.05) is 4.72 Å². The molecule has 0 atom stereocenters. The highest BCUT2D eigenvalue weighted by Crippen LogP contribution is 2.22. The van der Waals surface area contributed by atoms with Gasteiger partial charge in [0.1, 0.15) is 10.8 Å². The highest BCUT2D eigenvalue weighted by atomic mass is 35.5. The number of sulfonamides is 1. The summed E-state index contributed by atoms with van der Waals surface area (Å²) in [5.74, 6) is 0.347. The molecule has 1 aromatic carbocycles. The van der Waals surface area contributed by atoms with Crippen molar-refractivity contribution in [3.05, 3.63) is 41.0 Å². The van der Waals surface area contributed by atoms with Crippen LogP contribution in [-0.2, 0) is 17.1 Å². The lowest BCUT2D eigenvalue weighted by molar-refractivity contribution is 0.600. The number of benzene rings is 1. The molecule has 9 heteroatoms. The molecule has 0 unspecified atom stereocenters. The maximum Gasteiger partial charge on any atom is 0.263 e. The van der Waals surface area contributed by atoms with Crippen molar-refractivity contribution in [2.24, 2.45) is 12.8 Å². The van der Waals surface area contributed by atoms with E-state index in [9.17, 15) is 8.42 Å². The van der Waals surface area contributed by atoms with E-state index in [2.05, 4.69) is 9.82 Å². The van der Waals surface area contributed by atoms with Gasteiger partial charge in [-0.25, -0.2) is 8.42 Å². The number of anilines is 1. The molecule has 0 aliphatic carbocycles. The Morgan fingerprint density at radius 1 is 1.45 bits per heavy atom. The number of nitrogens with zero attached hydrogens (tertiary/aromatic N) is 2. The predicted octanol–water partition coefficient (Wildman–Crippen LogP) is 1.51. The van der Waals surface area contributed by atoms with Gasteiger partial charge in [0, 0.05) is 18.7 Å². The number of halogens is 1. The van der Waals surface area contributed by atoms with Crippen LogP contribution in [0.3, 0.4) is 0 Å². The van der Waals surface area contributed by atoms with Gasteiger partial charge in [-0.1, -0.05) is 23.8 Å². The van der Waals surface area contributed by atoms with Crippen LogP contribution in [0.25, 0.3) is 0 Å². The Kier molecular flexibility index (Phi) is 3.98. The minimum atomic E-state index is -3.75. The average molecular weight is 331 g/mol. The fourth-order valence-electron chi connectivity index (χ4n) is 1.53. The predicted molar refractivity (Wildman–Crippen MR) is 81.4 cm³/mol. The van der Waals surface area contributed by atoms with Gasteiger partial charge in [-0.2, -0.15) is 5.10 Å². The van der Waals surface area contributed by atoms with Crippen LogP contribution in [0.2, 0.25) is 5.02 Å². The molecule has 1 aromatic heterocycles. The zero-order valence-corrected chi connectivity index (χ0v) is 12.8. The van der Waals surface area contributed by atoms with E-state index in [0.29, 0.717) is 11.4 Å². The number of hydrogen-bond donors (Lipinski definition) is 2. The summed E-state index contributed by atoms with van der Waals surface area (Å²) in [4.78, 5) is 0.127. The van der Waals surface area contributed by atoms with E-state index in [1.165, 1.54) is 29.1 Å². The van der Waals surface area contributed by atoms with Crippen LogP contribution in [0.15, 0.2) is 35.4 Å². The first kappa shape index (κ1) is 14.8. The molecule has 0 amide bonds. The minimum Gasteiger partial charge on any atom is -0.389 e. The molecule has 1 heterocycles. The summed E-state index contributed by atoms with van der Waals surface area (Å²) in [5, 5.41) is 4.06. The molecular formula is C11H11ClN4O2S2. The molecule has 2 rings (SSSR count). The third kappa shape index (κ3) is 2.92. The van der Waals surface area contributed by atoms with Crippen LogP contribution in [-0.4, -0.2) is 23.2 Å². The van der Waals surface area contributed by atoms with Crippen molar-refractivity contribution < 1.29 is 8.42 Å².